The molecule has 1 aromatic heterocycles. The summed E-state index contributed by atoms with van der Waals surface area (Å²) in [6, 6.07) is 0. The molecule has 2 aliphatic heterocycles. The van der Waals surface area contributed by atoms with Crippen LogP contribution < -0.4 is 5.32 Å². The maximum absolute atomic E-state index is 13.1. The summed E-state index contributed by atoms with van der Waals surface area (Å²) in [5.74, 6) is -0.278. The molecule has 1 atom stereocenters. The second kappa shape index (κ2) is 7.80. The van der Waals surface area contributed by atoms with E-state index in [4.69, 9.17) is 0 Å². The van der Waals surface area contributed by atoms with Crippen molar-refractivity contribution < 1.29 is 18.0 Å². The minimum absolute atomic E-state index is 0.00511. The highest BCUT2D eigenvalue weighted by molar-refractivity contribution is 7.91. The Hall–Kier alpha value is -2.65. The molecule has 8 nitrogen and oxygen atoms in total. The van der Waals surface area contributed by atoms with Crippen molar-refractivity contribution in [2.75, 3.05) is 39.5 Å². The first-order valence-corrected chi connectivity index (χ1v) is 12.3. The smallest absolute Gasteiger partial charge is 0.256 e. The standard InChI is InChI=1S/C22H28N4O4S/c1-13-19(23-14(2)20(13)22(28)26-9-7-25(3)8-10-26)12-17-16-11-15(31(4,29)30)5-6-18(16)24-21(17)27/h6,11-12,15,23H,5,7-10H2,1-4H3,(H,24,27)/b17-12-. The number of sulfone groups is 1. The number of allylic oxidation sites excluding steroid dienone is 2. The number of piperazine rings is 1. The molecular formula is C22H28N4O4S. The largest absolute Gasteiger partial charge is 0.358 e. The van der Waals surface area contributed by atoms with Crippen LogP contribution in [0, 0.1) is 13.8 Å². The fourth-order valence-corrected chi connectivity index (χ4v) is 5.17. The predicted octanol–water partition coefficient (Wildman–Crippen LogP) is 1.16. The number of H-pyrrole nitrogens is 1. The number of carbonyl (C=O) groups is 2. The molecule has 4 rings (SSSR count). The van der Waals surface area contributed by atoms with Gasteiger partial charge in [0.15, 0.2) is 9.84 Å². The fourth-order valence-electron chi connectivity index (χ4n) is 4.35. The molecule has 2 N–H and O–H groups in total. The summed E-state index contributed by atoms with van der Waals surface area (Å²) in [7, 11) is -1.22. The maximum atomic E-state index is 13.1. The summed E-state index contributed by atoms with van der Waals surface area (Å²) >= 11 is 0. The van der Waals surface area contributed by atoms with Crippen LogP contribution in [0.15, 0.2) is 29.0 Å². The lowest BCUT2D eigenvalue weighted by molar-refractivity contribution is -0.115. The first-order chi connectivity index (χ1) is 14.6. The number of amides is 2. The van der Waals surface area contributed by atoms with E-state index in [1.165, 1.54) is 6.26 Å². The molecule has 0 aromatic carbocycles. The van der Waals surface area contributed by atoms with Gasteiger partial charge in [0.05, 0.1) is 16.4 Å². The highest BCUT2D eigenvalue weighted by Crippen LogP contribution is 2.34. The Labute approximate surface area is 182 Å². The van der Waals surface area contributed by atoms with Gasteiger partial charge in [0, 0.05) is 55.1 Å². The molecule has 0 spiro atoms. The highest BCUT2D eigenvalue weighted by atomic mass is 32.2. The molecule has 1 unspecified atom stereocenters. The van der Waals surface area contributed by atoms with E-state index in [9.17, 15) is 18.0 Å². The second-order valence-corrected chi connectivity index (χ2v) is 10.8. The number of aryl methyl sites for hydroxylation is 1. The van der Waals surface area contributed by atoms with Crippen molar-refractivity contribution >= 4 is 27.7 Å². The molecule has 0 bridgehead atoms. The highest BCUT2D eigenvalue weighted by Gasteiger charge is 2.33. The summed E-state index contributed by atoms with van der Waals surface area (Å²) in [4.78, 5) is 33.1. The van der Waals surface area contributed by atoms with Gasteiger partial charge in [-0.1, -0.05) is 12.2 Å². The molecule has 2 fully saturated rings. The summed E-state index contributed by atoms with van der Waals surface area (Å²) in [6.07, 6.45) is 6.67. The van der Waals surface area contributed by atoms with E-state index in [2.05, 4.69) is 15.2 Å². The molecule has 9 heteroatoms. The SMILES string of the molecule is Cc1[nH]c(/C=C2\C(=O)NC3=CCC(S(C)(=O)=O)C=C32)c(C)c1C(=O)N1CCN(C)CC1. The number of rotatable bonds is 3. The van der Waals surface area contributed by atoms with Gasteiger partial charge in [-0.3, -0.25) is 9.59 Å². The first-order valence-electron chi connectivity index (χ1n) is 10.4. The number of hydrogen-bond donors (Lipinski definition) is 2. The van der Waals surface area contributed by atoms with E-state index < -0.39 is 15.1 Å². The molecule has 1 aromatic rings. The van der Waals surface area contributed by atoms with Crippen LogP contribution in [0.3, 0.4) is 0 Å². The van der Waals surface area contributed by atoms with Crippen LogP contribution in [0.25, 0.3) is 6.08 Å². The van der Waals surface area contributed by atoms with Crippen molar-refractivity contribution in [3.63, 3.8) is 0 Å². The third-order valence-corrected chi connectivity index (χ3v) is 7.73. The molecule has 166 valence electrons. The lowest BCUT2D eigenvalue weighted by Gasteiger charge is -2.32. The van der Waals surface area contributed by atoms with Gasteiger partial charge in [0.2, 0.25) is 0 Å². The lowest BCUT2D eigenvalue weighted by atomic mass is 9.98. The number of likely N-dealkylation sites (N-methyl/N-ethyl adjacent to an activating group) is 1. The number of fused-ring (bicyclic) bond motifs is 1. The van der Waals surface area contributed by atoms with E-state index in [0.717, 1.165) is 24.3 Å². The molecule has 3 heterocycles. The maximum Gasteiger partial charge on any atom is 0.256 e. The molecule has 0 radical (unpaired) electrons. The summed E-state index contributed by atoms with van der Waals surface area (Å²) in [5.41, 5.74) is 4.52. The molecule has 2 saturated heterocycles. The minimum Gasteiger partial charge on any atom is -0.358 e. The van der Waals surface area contributed by atoms with Crippen LogP contribution in [-0.2, 0) is 14.6 Å². The number of nitrogens with one attached hydrogen (secondary N) is 2. The Morgan fingerprint density at radius 2 is 1.87 bits per heavy atom. The molecular weight excluding hydrogens is 416 g/mol. The number of nitrogens with zero attached hydrogens (tertiary/aromatic N) is 2. The van der Waals surface area contributed by atoms with Crippen molar-refractivity contribution in [3.05, 3.63) is 51.5 Å². The molecule has 31 heavy (non-hydrogen) atoms. The average molecular weight is 445 g/mol. The third-order valence-electron chi connectivity index (χ3n) is 6.30. The van der Waals surface area contributed by atoms with Crippen LogP contribution in [0.5, 0.6) is 0 Å². The van der Waals surface area contributed by atoms with Gasteiger partial charge in [0.1, 0.15) is 0 Å². The summed E-state index contributed by atoms with van der Waals surface area (Å²) < 4.78 is 24.0. The van der Waals surface area contributed by atoms with Gasteiger partial charge >= 0.3 is 0 Å². The molecule has 1 aliphatic carbocycles. The zero-order chi connectivity index (χ0) is 22.5. The summed E-state index contributed by atoms with van der Waals surface area (Å²) in [6.45, 7) is 6.79. The van der Waals surface area contributed by atoms with E-state index in [1.807, 2.05) is 25.8 Å². The second-order valence-electron chi connectivity index (χ2n) is 8.57. The topological polar surface area (TPSA) is 103 Å². The van der Waals surface area contributed by atoms with Crippen molar-refractivity contribution in [3.8, 4) is 0 Å². The third kappa shape index (κ3) is 3.99. The molecule has 0 saturated carbocycles. The molecule has 2 amide bonds. The van der Waals surface area contributed by atoms with E-state index in [0.29, 0.717) is 47.6 Å². The Kier molecular flexibility index (Phi) is 5.43. The summed E-state index contributed by atoms with van der Waals surface area (Å²) in [5, 5.41) is 2.16. The number of hydrogen-bond acceptors (Lipinski definition) is 5. The van der Waals surface area contributed by atoms with Gasteiger partial charge in [0.25, 0.3) is 11.8 Å². The van der Waals surface area contributed by atoms with Crippen molar-refractivity contribution in [2.24, 2.45) is 0 Å². The van der Waals surface area contributed by atoms with Gasteiger partial charge < -0.3 is 20.1 Å². The number of aromatic nitrogens is 1. The predicted molar refractivity (Wildman–Crippen MR) is 119 cm³/mol. The van der Waals surface area contributed by atoms with Crippen LogP contribution in [0.4, 0.5) is 0 Å². The van der Waals surface area contributed by atoms with Crippen LogP contribution in [0.1, 0.15) is 33.7 Å². The zero-order valence-corrected chi connectivity index (χ0v) is 19.1. The van der Waals surface area contributed by atoms with E-state index in [1.54, 1.807) is 18.2 Å². The van der Waals surface area contributed by atoms with Crippen LogP contribution in [-0.4, -0.2) is 79.7 Å². The minimum atomic E-state index is -3.27. The monoisotopic (exact) mass is 444 g/mol. The Morgan fingerprint density at radius 3 is 2.52 bits per heavy atom. The van der Waals surface area contributed by atoms with Crippen molar-refractivity contribution in [1.29, 1.82) is 0 Å². The molecule has 3 aliphatic rings. The number of aromatic amines is 1. The van der Waals surface area contributed by atoms with Crippen molar-refractivity contribution in [1.82, 2.24) is 20.1 Å². The Morgan fingerprint density at radius 1 is 1.19 bits per heavy atom. The van der Waals surface area contributed by atoms with Crippen molar-refractivity contribution in [2.45, 2.75) is 25.5 Å². The van der Waals surface area contributed by atoms with Gasteiger partial charge in [-0.25, -0.2) is 8.42 Å². The van der Waals surface area contributed by atoms with E-state index in [-0.39, 0.29) is 11.8 Å². The Balaban J connectivity index is 1.68. The van der Waals surface area contributed by atoms with E-state index >= 15 is 0 Å². The zero-order valence-electron chi connectivity index (χ0n) is 18.3. The van der Waals surface area contributed by atoms with Gasteiger partial charge in [-0.05, 0) is 39.0 Å². The van der Waals surface area contributed by atoms with Gasteiger partial charge in [-0.2, -0.15) is 0 Å². The fraction of sp³-hybridized carbons (Fsp3) is 0.455. The average Bonchev–Trinajstić information content (AvgIpc) is 3.16. The Bertz CT molecular complexity index is 1150. The first kappa shape index (κ1) is 21.6. The quantitative estimate of drug-likeness (QED) is 0.681. The van der Waals surface area contributed by atoms with Gasteiger partial charge in [-0.15, -0.1) is 0 Å². The number of carbonyl (C=O) groups excluding carboxylic acids is 2. The van der Waals surface area contributed by atoms with Crippen LogP contribution in [0.2, 0.25) is 0 Å². The normalized spacial score (nSPS) is 23.5. The lowest BCUT2D eigenvalue weighted by Crippen LogP contribution is -2.47. The van der Waals surface area contributed by atoms with Crippen LogP contribution >= 0.6 is 0 Å².